The summed E-state index contributed by atoms with van der Waals surface area (Å²) in [5.41, 5.74) is -0.671. The van der Waals surface area contributed by atoms with E-state index < -0.39 is 11.6 Å². The second kappa shape index (κ2) is 9.50. The first-order chi connectivity index (χ1) is 14.1. The van der Waals surface area contributed by atoms with Crippen LogP contribution in [0.5, 0.6) is 0 Å². The molecule has 2 aromatic rings. The first-order valence-corrected chi connectivity index (χ1v) is 11.0. The molecule has 3 heterocycles. The Hall–Kier alpha value is -1.59. The molecule has 2 bridgehead atoms. The van der Waals surface area contributed by atoms with E-state index in [-0.39, 0.29) is 30.9 Å². The number of carbonyl (C=O) groups excluding carboxylic acids is 1. The van der Waals surface area contributed by atoms with Crippen molar-refractivity contribution in [2.24, 2.45) is 0 Å². The number of nitrogens with zero attached hydrogens (tertiary/aromatic N) is 1. The predicted octanol–water partition coefficient (Wildman–Crippen LogP) is 4.61. The molecule has 3 atom stereocenters. The van der Waals surface area contributed by atoms with Crippen molar-refractivity contribution in [2.45, 2.75) is 62.3 Å². The van der Waals surface area contributed by atoms with Crippen molar-refractivity contribution in [1.29, 1.82) is 0 Å². The Morgan fingerprint density at radius 1 is 0.839 bits per heavy atom. The first kappa shape index (κ1) is 24.1. The van der Waals surface area contributed by atoms with E-state index in [1.54, 1.807) is 24.3 Å². The Balaban J connectivity index is 0.00000136. The van der Waals surface area contributed by atoms with Crippen molar-refractivity contribution in [3.63, 3.8) is 0 Å². The molecule has 0 aliphatic carbocycles. The Morgan fingerprint density at radius 2 is 1.29 bits per heavy atom. The molecule has 0 aromatic heterocycles. The maximum Gasteiger partial charge on any atom is 0.347 e. The van der Waals surface area contributed by atoms with Gasteiger partial charge < -0.3 is 14.3 Å². The quantitative estimate of drug-likeness (QED) is 0.530. The largest absolute Gasteiger partial charge is 0.459 e. The fourth-order valence-corrected chi connectivity index (χ4v) is 6.30. The van der Waals surface area contributed by atoms with E-state index in [4.69, 9.17) is 4.74 Å². The minimum absolute atomic E-state index is 0. The van der Waals surface area contributed by atoms with Crippen LogP contribution in [0.2, 0.25) is 0 Å². The highest BCUT2D eigenvalue weighted by Crippen LogP contribution is 2.46. The van der Waals surface area contributed by atoms with E-state index in [2.05, 4.69) is 0 Å². The molecule has 168 valence electrons. The molecule has 3 aliphatic rings. The van der Waals surface area contributed by atoms with Crippen LogP contribution in [0.25, 0.3) is 0 Å². The zero-order chi connectivity index (χ0) is 19.9. The number of carbonyl (C=O) groups is 1. The second-order valence-corrected chi connectivity index (χ2v) is 9.08. The maximum absolute atomic E-state index is 13.4. The highest BCUT2D eigenvalue weighted by atomic mass is 35.5. The summed E-state index contributed by atoms with van der Waals surface area (Å²) < 4.78 is 7.32. The van der Waals surface area contributed by atoms with Crippen LogP contribution < -0.4 is 0 Å². The monoisotopic (exact) mass is 464 g/mol. The molecular weight excluding hydrogens is 433 g/mol. The van der Waals surface area contributed by atoms with Crippen molar-refractivity contribution in [1.82, 2.24) is 0 Å². The summed E-state index contributed by atoms with van der Waals surface area (Å²) in [6.07, 6.45) is 6.94. The van der Waals surface area contributed by atoms with Gasteiger partial charge >= 0.3 is 5.97 Å². The second-order valence-electron chi connectivity index (χ2n) is 9.08. The summed E-state index contributed by atoms with van der Waals surface area (Å²) in [6.45, 7) is 2.60. The molecule has 4 nitrogen and oxygen atoms in total. The molecule has 5 rings (SSSR count). The van der Waals surface area contributed by atoms with Crippen LogP contribution in [0.1, 0.15) is 49.7 Å². The normalized spacial score (nSPS) is 26.0. The molecule has 0 amide bonds. The van der Waals surface area contributed by atoms with E-state index >= 15 is 0 Å². The topological polar surface area (TPSA) is 46.5 Å². The predicted molar refractivity (Wildman–Crippen MR) is 126 cm³/mol. The lowest BCUT2D eigenvalue weighted by Crippen LogP contribution is -2.60. The summed E-state index contributed by atoms with van der Waals surface area (Å²) in [7, 11) is 0. The third-order valence-electron chi connectivity index (χ3n) is 7.71. The fourth-order valence-electron chi connectivity index (χ4n) is 6.30. The van der Waals surface area contributed by atoms with Crippen molar-refractivity contribution < 1.29 is 19.1 Å². The van der Waals surface area contributed by atoms with Gasteiger partial charge in [0, 0.05) is 38.5 Å². The molecule has 31 heavy (non-hydrogen) atoms. The van der Waals surface area contributed by atoms with Gasteiger partial charge in [-0.15, -0.1) is 24.8 Å². The van der Waals surface area contributed by atoms with Gasteiger partial charge in [0.1, 0.15) is 6.10 Å². The highest BCUT2D eigenvalue weighted by molar-refractivity contribution is 5.86. The molecule has 1 spiro atoms. The van der Waals surface area contributed by atoms with Crippen LogP contribution in [0, 0.1) is 0 Å². The zero-order valence-electron chi connectivity index (χ0n) is 17.7. The number of esters is 1. The molecule has 2 aromatic carbocycles. The van der Waals surface area contributed by atoms with Gasteiger partial charge in [0.25, 0.3) is 0 Å². The zero-order valence-corrected chi connectivity index (χ0v) is 19.3. The lowest BCUT2D eigenvalue weighted by atomic mass is 9.86. The lowest BCUT2D eigenvalue weighted by Gasteiger charge is -2.47. The number of ether oxygens (including phenoxy) is 1. The van der Waals surface area contributed by atoms with Crippen LogP contribution in [0.15, 0.2) is 60.7 Å². The van der Waals surface area contributed by atoms with E-state index in [1.807, 2.05) is 36.4 Å². The van der Waals surface area contributed by atoms with Crippen LogP contribution in [0.3, 0.4) is 0 Å². The molecule has 6 heteroatoms. The summed E-state index contributed by atoms with van der Waals surface area (Å²) in [5, 5.41) is 11.6. The van der Waals surface area contributed by atoms with Crippen molar-refractivity contribution >= 4 is 30.8 Å². The van der Waals surface area contributed by atoms with Gasteiger partial charge in [-0.1, -0.05) is 60.7 Å². The fraction of sp³-hybridized carbons (Fsp3) is 0.480. The minimum atomic E-state index is -1.78. The summed E-state index contributed by atoms with van der Waals surface area (Å²) in [6, 6.07) is 19.6. The Labute approximate surface area is 197 Å². The lowest BCUT2D eigenvalue weighted by molar-refractivity contribution is -0.956. The van der Waals surface area contributed by atoms with Crippen LogP contribution >= 0.6 is 24.8 Å². The average Bonchev–Trinajstić information content (AvgIpc) is 3.31. The number of quaternary nitrogens is 1. The van der Waals surface area contributed by atoms with Gasteiger partial charge in [-0.05, 0) is 11.1 Å². The van der Waals surface area contributed by atoms with E-state index in [1.165, 1.54) is 43.3 Å². The number of rotatable bonds is 4. The van der Waals surface area contributed by atoms with Crippen LogP contribution in [0.4, 0.5) is 0 Å². The Kier molecular flexibility index (Phi) is 7.37. The molecule has 0 radical (unpaired) electrons. The number of benzene rings is 2. The molecule has 3 fully saturated rings. The number of aliphatic hydroxyl groups is 1. The Morgan fingerprint density at radius 3 is 1.74 bits per heavy atom. The summed E-state index contributed by atoms with van der Waals surface area (Å²) in [4.78, 5) is 13.4. The molecule has 3 aliphatic heterocycles. The van der Waals surface area contributed by atoms with E-state index in [0.717, 1.165) is 12.8 Å². The third kappa shape index (κ3) is 4.00. The molecule has 0 saturated carbocycles. The first-order valence-electron chi connectivity index (χ1n) is 11.0. The summed E-state index contributed by atoms with van der Waals surface area (Å²) in [5.74, 6) is -0.547. The summed E-state index contributed by atoms with van der Waals surface area (Å²) >= 11 is 0. The standard InChI is InChI=1S/C25H30NO3.2ClH/c27-24(25(28,19-9-3-1-4-10-19)20-11-5-2-6-12-20)29-23-17-21-13-14-22(18-23)26(21)15-7-8-16-26;;/h1-6,9-12,21-23,28H,7-8,13-18H2;2*1H/q+1;;/t21-,22+,23+;;. The third-order valence-corrected chi connectivity index (χ3v) is 7.71. The number of hydrogen-bond donors (Lipinski definition) is 1. The van der Waals surface area contributed by atoms with Crippen molar-refractivity contribution in [2.75, 3.05) is 13.1 Å². The van der Waals surface area contributed by atoms with Gasteiger partial charge in [0.05, 0.1) is 25.2 Å². The maximum atomic E-state index is 13.4. The molecular formula is C25H32Cl2NO3+. The Bertz CT molecular complexity index is 815. The van der Waals surface area contributed by atoms with Crippen molar-refractivity contribution in [3.8, 4) is 0 Å². The minimum Gasteiger partial charge on any atom is -0.459 e. The van der Waals surface area contributed by atoms with E-state index in [0.29, 0.717) is 23.2 Å². The van der Waals surface area contributed by atoms with Gasteiger partial charge in [0.2, 0.25) is 5.60 Å². The molecule has 1 N–H and O–H groups in total. The smallest absolute Gasteiger partial charge is 0.347 e. The van der Waals surface area contributed by atoms with E-state index in [9.17, 15) is 9.90 Å². The van der Waals surface area contributed by atoms with Crippen molar-refractivity contribution in [3.05, 3.63) is 71.8 Å². The molecule has 0 unspecified atom stereocenters. The van der Waals surface area contributed by atoms with Gasteiger partial charge in [-0.3, -0.25) is 0 Å². The van der Waals surface area contributed by atoms with Crippen LogP contribution in [-0.4, -0.2) is 46.8 Å². The highest BCUT2D eigenvalue weighted by Gasteiger charge is 2.56. The van der Waals surface area contributed by atoms with Gasteiger partial charge in [-0.2, -0.15) is 0 Å². The van der Waals surface area contributed by atoms with Gasteiger partial charge in [0.15, 0.2) is 0 Å². The SMILES string of the molecule is Cl.Cl.O=C(O[C@H]1C[C@H]2CC[C@@H](C1)[N+]21CCCC1)C(O)(c1ccccc1)c1ccccc1. The molecule has 3 saturated heterocycles. The average molecular weight is 465 g/mol. The van der Waals surface area contributed by atoms with Gasteiger partial charge in [-0.25, -0.2) is 4.79 Å². The number of halogens is 2. The number of hydrogen-bond acceptors (Lipinski definition) is 3. The van der Waals surface area contributed by atoms with Crippen LogP contribution in [-0.2, 0) is 15.1 Å². The number of piperidine rings is 1.